The quantitative estimate of drug-likeness (QED) is 0.600. The summed E-state index contributed by atoms with van der Waals surface area (Å²) in [5.74, 6) is -0.712. The van der Waals surface area contributed by atoms with Gasteiger partial charge in [-0.1, -0.05) is 0 Å². The van der Waals surface area contributed by atoms with Crippen LogP contribution in [-0.2, 0) is 4.79 Å². The van der Waals surface area contributed by atoms with Crippen LogP contribution < -0.4 is 15.5 Å². The third kappa shape index (κ3) is 3.74. The molecular weight excluding hydrogens is 398 g/mol. The van der Waals surface area contributed by atoms with Gasteiger partial charge >= 0.3 is 0 Å². The van der Waals surface area contributed by atoms with Crippen molar-refractivity contribution >= 4 is 28.5 Å². The lowest BCUT2D eigenvalue weighted by Gasteiger charge is -2.20. The van der Waals surface area contributed by atoms with Crippen LogP contribution >= 0.6 is 0 Å². The molecule has 1 fully saturated rings. The second kappa shape index (κ2) is 7.83. The third-order valence-corrected chi connectivity index (χ3v) is 5.80. The Balaban J connectivity index is 1.31. The second-order valence-electron chi connectivity index (χ2n) is 7.72. The molecule has 2 aliphatic rings. The van der Waals surface area contributed by atoms with Crippen LogP contribution in [0.4, 0.5) is 25.8 Å². The van der Waals surface area contributed by atoms with Gasteiger partial charge in [-0.15, -0.1) is 0 Å². The van der Waals surface area contributed by atoms with E-state index in [9.17, 15) is 13.6 Å². The van der Waals surface area contributed by atoms with Gasteiger partial charge in [-0.25, -0.2) is 8.78 Å². The van der Waals surface area contributed by atoms with Crippen LogP contribution in [0.15, 0.2) is 67.1 Å². The number of anilines is 3. The molecule has 1 amide bonds. The standard InChI is InChI=1S/C24H20F2N4O/c25-17-1-3-19-20(24(31)29-22(19)11-17)13-28-18-2-4-23(21(26)12-18)30-10-7-16(14-30)15-5-8-27-9-6-15/h1-6,8-9,11-13,16,28H,7,10,14H2,(H,29,31)/b20-13-. The zero-order chi connectivity index (χ0) is 21.4. The zero-order valence-electron chi connectivity index (χ0n) is 16.6. The fourth-order valence-corrected chi connectivity index (χ4v) is 4.21. The average Bonchev–Trinajstić information content (AvgIpc) is 3.37. The Kier molecular flexibility index (Phi) is 4.86. The van der Waals surface area contributed by atoms with Gasteiger partial charge in [0.25, 0.3) is 5.91 Å². The first-order valence-electron chi connectivity index (χ1n) is 10.1. The number of rotatable bonds is 4. The van der Waals surface area contributed by atoms with Gasteiger partial charge in [0, 0.05) is 48.9 Å². The van der Waals surface area contributed by atoms with Gasteiger partial charge in [-0.05, 0) is 60.5 Å². The van der Waals surface area contributed by atoms with Gasteiger partial charge in [0.15, 0.2) is 0 Å². The summed E-state index contributed by atoms with van der Waals surface area (Å²) >= 11 is 0. The van der Waals surface area contributed by atoms with Crippen molar-refractivity contribution in [3.05, 3.63) is 89.9 Å². The Morgan fingerprint density at radius 2 is 1.94 bits per heavy atom. The van der Waals surface area contributed by atoms with Crippen LogP contribution in [-0.4, -0.2) is 24.0 Å². The van der Waals surface area contributed by atoms with Gasteiger partial charge in [0.2, 0.25) is 0 Å². The topological polar surface area (TPSA) is 57.3 Å². The summed E-state index contributed by atoms with van der Waals surface area (Å²) in [6.07, 6.45) is 6.05. The van der Waals surface area contributed by atoms with Gasteiger partial charge in [0.05, 0.1) is 16.9 Å². The molecule has 1 saturated heterocycles. The maximum Gasteiger partial charge on any atom is 0.257 e. The molecule has 0 aliphatic carbocycles. The number of carbonyl (C=O) groups is 1. The molecule has 5 nitrogen and oxygen atoms in total. The Morgan fingerprint density at radius 1 is 1.10 bits per heavy atom. The minimum Gasteiger partial charge on any atom is -0.369 e. The molecule has 31 heavy (non-hydrogen) atoms. The number of aromatic nitrogens is 1. The molecule has 7 heteroatoms. The number of nitrogens with one attached hydrogen (secondary N) is 2. The molecule has 0 radical (unpaired) electrons. The summed E-state index contributed by atoms with van der Waals surface area (Å²) in [6, 6.07) is 13.1. The first kappa shape index (κ1) is 19.2. The van der Waals surface area contributed by atoms with Crippen molar-refractivity contribution in [3.8, 4) is 0 Å². The highest BCUT2D eigenvalue weighted by Crippen LogP contribution is 2.34. The summed E-state index contributed by atoms with van der Waals surface area (Å²) < 4.78 is 28.2. The molecule has 2 aromatic carbocycles. The van der Waals surface area contributed by atoms with E-state index in [0.717, 1.165) is 19.5 Å². The van der Waals surface area contributed by atoms with Crippen LogP contribution in [0.2, 0.25) is 0 Å². The Hall–Kier alpha value is -3.74. The van der Waals surface area contributed by atoms with Crippen molar-refractivity contribution in [3.63, 3.8) is 0 Å². The fraction of sp³-hybridized carbons (Fsp3) is 0.167. The highest BCUT2D eigenvalue weighted by molar-refractivity contribution is 6.31. The molecule has 156 valence electrons. The van der Waals surface area contributed by atoms with E-state index in [0.29, 0.717) is 34.1 Å². The number of benzene rings is 2. The molecule has 5 rings (SSSR count). The average molecular weight is 418 g/mol. The number of nitrogens with zero attached hydrogens (tertiary/aromatic N) is 2. The van der Waals surface area contributed by atoms with E-state index in [1.165, 1.54) is 30.0 Å². The van der Waals surface area contributed by atoms with Crippen LogP contribution in [0.5, 0.6) is 0 Å². The molecule has 1 unspecified atom stereocenters. The van der Waals surface area contributed by atoms with E-state index in [4.69, 9.17) is 0 Å². The maximum absolute atomic E-state index is 14.9. The highest BCUT2D eigenvalue weighted by Gasteiger charge is 2.26. The summed E-state index contributed by atoms with van der Waals surface area (Å²) in [6.45, 7) is 1.54. The largest absolute Gasteiger partial charge is 0.369 e. The monoisotopic (exact) mass is 418 g/mol. The minimum atomic E-state index is -0.418. The van der Waals surface area contributed by atoms with E-state index in [-0.39, 0.29) is 11.7 Å². The Morgan fingerprint density at radius 3 is 2.74 bits per heavy atom. The van der Waals surface area contributed by atoms with E-state index < -0.39 is 5.82 Å². The SMILES string of the molecule is O=C1Nc2cc(F)ccc2/C1=C/Nc1ccc(N2CCC(c3ccncc3)C2)c(F)c1. The summed E-state index contributed by atoms with van der Waals surface area (Å²) in [5, 5.41) is 5.61. The smallest absolute Gasteiger partial charge is 0.257 e. The number of fused-ring (bicyclic) bond motifs is 1. The van der Waals surface area contributed by atoms with Crippen molar-refractivity contribution in [1.29, 1.82) is 0 Å². The molecule has 0 bridgehead atoms. The molecule has 1 aromatic heterocycles. The molecule has 0 saturated carbocycles. The number of pyridine rings is 1. The van der Waals surface area contributed by atoms with Gasteiger partial charge < -0.3 is 15.5 Å². The van der Waals surface area contributed by atoms with Crippen LogP contribution in [0.3, 0.4) is 0 Å². The van der Waals surface area contributed by atoms with Gasteiger partial charge in [-0.3, -0.25) is 9.78 Å². The Bertz CT molecular complexity index is 1180. The lowest BCUT2D eigenvalue weighted by Crippen LogP contribution is -2.20. The molecule has 1 atom stereocenters. The molecular formula is C24H20F2N4O. The number of carbonyl (C=O) groups excluding carboxylic acids is 1. The van der Waals surface area contributed by atoms with Crippen molar-refractivity contribution in [2.24, 2.45) is 0 Å². The van der Waals surface area contributed by atoms with Crippen molar-refractivity contribution in [2.75, 3.05) is 28.6 Å². The number of amides is 1. The molecule has 3 heterocycles. The number of halogens is 2. The van der Waals surface area contributed by atoms with E-state index >= 15 is 0 Å². The molecule has 0 spiro atoms. The number of hydrogen-bond donors (Lipinski definition) is 2. The van der Waals surface area contributed by atoms with Gasteiger partial charge in [-0.2, -0.15) is 0 Å². The fourth-order valence-electron chi connectivity index (χ4n) is 4.21. The van der Waals surface area contributed by atoms with E-state index in [1.807, 2.05) is 12.1 Å². The molecule has 3 aromatic rings. The van der Waals surface area contributed by atoms with E-state index in [2.05, 4.69) is 20.5 Å². The third-order valence-electron chi connectivity index (χ3n) is 5.80. The predicted octanol–water partition coefficient (Wildman–Crippen LogP) is 4.76. The van der Waals surface area contributed by atoms with E-state index in [1.54, 1.807) is 30.6 Å². The lowest BCUT2D eigenvalue weighted by molar-refractivity contribution is -0.110. The zero-order valence-corrected chi connectivity index (χ0v) is 16.6. The maximum atomic E-state index is 14.9. The second-order valence-corrected chi connectivity index (χ2v) is 7.72. The van der Waals surface area contributed by atoms with Crippen LogP contribution in [0.1, 0.15) is 23.5 Å². The van der Waals surface area contributed by atoms with Crippen molar-refractivity contribution in [1.82, 2.24) is 4.98 Å². The molecule has 2 aliphatic heterocycles. The summed E-state index contributed by atoms with van der Waals surface area (Å²) in [7, 11) is 0. The Labute approximate surface area is 178 Å². The highest BCUT2D eigenvalue weighted by atomic mass is 19.1. The van der Waals surface area contributed by atoms with Crippen molar-refractivity contribution in [2.45, 2.75) is 12.3 Å². The first-order valence-corrected chi connectivity index (χ1v) is 10.1. The van der Waals surface area contributed by atoms with Crippen molar-refractivity contribution < 1.29 is 13.6 Å². The normalized spacial score (nSPS) is 18.9. The van der Waals surface area contributed by atoms with Crippen LogP contribution in [0, 0.1) is 11.6 Å². The predicted molar refractivity (Wildman–Crippen MR) is 117 cm³/mol. The lowest BCUT2D eigenvalue weighted by atomic mass is 10.00. The first-order chi connectivity index (χ1) is 15.1. The summed E-state index contributed by atoms with van der Waals surface area (Å²) in [4.78, 5) is 18.3. The number of hydrogen-bond acceptors (Lipinski definition) is 4. The van der Waals surface area contributed by atoms with Crippen LogP contribution in [0.25, 0.3) is 5.57 Å². The summed E-state index contributed by atoms with van der Waals surface area (Å²) in [5.41, 5.74) is 3.72. The molecule has 2 N–H and O–H groups in total. The minimum absolute atomic E-state index is 0.322. The van der Waals surface area contributed by atoms with Gasteiger partial charge in [0.1, 0.15) is 11.6 Å².